The van der Waals surface area contributed by atoms with Gasteiger partial charge in [-0.2, -0.15) is 13.2 Å². The summed E-state index contributed by atoms with van der Waals surface area (Å²) < 4.78 is 81.2. The van der Waals surface area contributed by atoms with Crippen molar-refractivity contribution < 1.29 is 40.6 Å². The average Bonchev–Trinajstić information content (AvgIpc) is 2.43. The van der Waals surface area contributed by atoms with Gasteiger partial charge in [0.15, 0.2) is 9.84 Å². The monoisotopic (exact) mass is 392 g/mol. The molecule has 2 aromatic carbocycles. The Morgan fingerprint density at radius 1 is 1.15 bits per heavy atom. The van der Waals surface area contributed by atoms with E-state index in [1.165, 1.54) is 0 Å². The Morgan fingerprint density at radius 3 is 2.35 bits per heavy atom. The van der Waals surface area contributed by atoms with Crippen LogP contribution in [0.2, 0.25) is 0 Å². The number of sulfone groups is 1. The minimum atomic E-state index is -4.92. The normalized spacial score (nSPS) is 12.0. The van der Waals surface area contributed by atoms with Crippen LogP contribution < -0.4 is 4.74 Å². The molecule has 1 N–H and O–H groups in total. The van der Waals surface area contributed by atoms with Crippen molar-refractivity contribution in [1.82, 2.24) is 0 Å². The van der Waals surface area contributed by atoms with Crippen LogP contribution in [-0.2, 0) is 27.2 Å². The van der Waals surface area contributed by atoms with E-state index < -0.39 is 50.4 Å². The summed E-state index contributed by atoms with van der Waals surface area (Å²) in [7, 11) is -3.88. The SMILES string of the molecule is CS(=O)(=O)c1ccc(Oc2cc(F)cc(CC(=O)O)c2)c(C(F)(F)F)c1. The summed E-state index contributed by atoms with van der Waals surface area (Å²) in [6, 6.07) is 4.94. The van der Waals surface area contributed by atoms with Crippen molar-refractivity contribution in [2.45, 2.75) is 17.5 Å². The molecule has 0 unspecified atom stereocenters. The molecule has 0 atom stereocenters. The summed E-state index contributed by atoms with van der Waals surface area (Å²) in [6.45, 7) is 0. The Hall–Kier alpha value is -2.62. The maximum Gasteiger partial charge on any atom is 0.420 e. The maximum atomic E-state index is 13.6. The number of halogens is 4. The van der Waals surface area contributed by atoms with Gasteiger partial charge in [-0.15, -0.1) is 0 Å². The summed E-state index contributed by atoms with van der Waals surface area (Å²) >= 11 is 0. The molecule has 140 valence electrons. The van der Waals surface area contributed by atoms with E-state index in [-0.39, 0.29) is 11.3 Å². The van der Waals surface area contributed by atoms with E-state index in [0.29, 0.717) is 6.07 Å². The molecule has 0 spiro atoms. The second kappa shape index (κ2) is 6.94. The zero-order valence-electron chi connectivity index (χ0n) is 13.2. The zero-order valence-corrected chi connectivity index (χ0v) is 14.0. The van der Waals surface area contributed by atoms with Gasteiger partial charge in [-0.3, -0.25) is 4.79 Å². The molecule has 0 heterocycles. The van der Waals surface area contributed by atoms with Gasteiger partial charge in [0.25, 0.3) is 0 Å². The first-order valence-electron chi connectivity index (χ1n) is 6.96. The average molecular weight is 392 g/mol. The lowest BCUT2D eigenvalue weighted by molar-refractivity contribution is -0.139. The van der Waals surface area contributed by atoms with Crippen LogP contribution in [0.15, 0.2) is 41.3 Å². The van der Waals surface area contributed by atoms with E-state index in [1.807, 2.05) is 0 Å². The molecule has 26 heavy (non-hydrogen) atoms. The van der Waals surface area contributed by atoms with Crippen LogP contribution in [0, 0.1) is 5.82 Å². The lowest BCUT2D eigenvalue weighted by Crippen LogP contribution is -2.09. The largest absolute Gasteiger partial charge is 0.481 e. The van der Waals surface area contributed by atoms with Crippen molar-refractivity contribution in [3.05, 3.63) is 53.3 Å². The molecule has 0 aromatic heterocycles. The first-order chi connectivity index (χ1) is 11.9. The predicted octanol–water partition coefficient (Wildman–Crippen LogP) is 3.67. The highest BCUT2D eigenvalue weighted by atomic mass is 32.2. The number of carboxylic acids is 1. The highest BCUT2D eigenvalue weighted by Crippen LogP contribution is 2.39. The topological polar surface area (TPSA) is 80.7 Å². The molecule has 0 fully saturated rings. The lowest BCUT2D eigenvalue weighted by atomic mass is 10.1. The van der Waals surface area contributed by atoms with Crippen LogP contribution in [0.25, 0.3) is 0 Å². The molecule has 2 rings (SSSR count). The van der Waals surface area contributed by atoms with Crippen LogP contribution in [0.4, 0.5) is 17.6 Å². The number of aliphatic carboxylic acids is 1. The maximum absolute atomic E-state index is 13.6. The van der Waals surface area contributed by atoms with Crippen LogP contribution in [0.5, 0.6) is 11.5 Å². The van der Waals surface area contributed by atoms with Gasteiger partial charge in [-0.1, -0.05) is 0 Å². The zero-order chi connectivity index (χ0) is 19.7. The Bertz CT molecular complexity index is 952. The molecule has 0 saturated carbocycles. The Balaban J connectivity index is 2.49. The summed E-state index contributed by atoms with van der Waals surface area (Å²) in [5.41, 5.74) is -1.36. The van der Waals surface area contributed by atoms with Crippen LogP contribution in [0.1, 0.15) is 11.1 Å². The lowest BCUT2D eigenvalue weighted by Gasteiger charge is -2.15. The molecular formula is C16H12F4O5S. The van der Waals surface area contributed by atoms with Gasteiger partial charge >= 0.3 is 12.1 Å². The summed E-state index contributed by atoms with van der Waals surface area (Å²) in [5.74, 6) is -3.23. The van der Waals surface area contributed by atoms with Gasteiger partial charge in [0.05, 0.1) is 16.9 Å². The first kappa shape index (κ1) is 19.7. The fraction of sp³-hybridized carbons (Fsp3) is 0.188. The number of ether oxygens (including phenoxy) is 1. The third-order valence-electron chi connectivity index (χ3n) is 3.20. The quantitative estimate of drug-likeness (QED) is 0.786. The van der Waals surface area contributed by atoms with E-state index in [9.17, 15) is 30.8 Å². The van der Waals surface area contributed by atoms with Crippen molar-refractivity contribution in [3.8, 4) is 11.5 Å². The van der Waals surface area contributed by atoms with Gasteiger partial charge in [0.2, 0.25) is 0 Å². The highest BCUT2D eigenvalue weighted by Gasteiger charge is 2.35. The molecule has 0 saturated heterocycles. The van der Waals surface area contributed by atoms with E-state index >= 15 is 0 Å². The van der Waals surface area contributed by atoms with Crippen molar-refractivity contribution in [2.75, 3.05) is 6.26 Å². The highest BCUT2D eigenvalue weighted by molar-refractivity contribution is 7.90. The molecule has 0 bridgehead atoms. The summed E-state index contributed by atoms with van der Waals surface area (Å²) in [6.07, 6.45) is -4.71. The van der Waals surface area contributed by atoms with E-state index in [0.717, 1.165) is 36.6 Å². The molecule has 0 amide bonds. The predicted molar refractivity (Wildman–Crippen MR) is 82.4 cm³/mol. The molecule has 5 nitrogen and oxygen atoms in total. The molecule has 0 aliphatic rings. The number of benzene rings is 2. The molecule has 0 aliphatic heterocycles. The van der Waals surface area contributed by atoms with Gasteiger partial charge in [0, 0.05) is 12.3 Å². The molecule has 2 aromatic rings. The third-order valence-corrected chi connectivity index (χ3v) is 4.31. The van der Waals surface area contributed by atoms with Gasteiger partial charge in [0.1, 0.15) is 17.3 Å². The van der Waals surface area contributed by atoms with Crippen molar-refractivity contribution in [1.29, 1.82) is 0 Å². The Labute approximate surface area is 145 Å². The minimum Gasteiger partial charge on any atom is -0.481 e. The Kier molecular flexibility index (Phi) is 5.26. The fourth-order valence-corrected chi connectivity index (χ4v) is 2.78. The van der Waals surface area contributed by atoms with Gasteiger partial charge in [-0.25, -0.2) is 12.8 Å². The van der Waals surface area contributed by atoms with E-state index in [1.54, 1.807) is 0 Å². The molecule has 0 radical (unpaired) electrons. The van der Waals surface area contributed by atoms with Gasteiger partial charge in [-0.05, 0) is 35.9 Å². The number of carbonyl (C=O) groups is 1. The number of alkyl halides is 3. The number of carboxylic acid groups (broad SMARTS) is 1. The summed E-state index contributed by atoms with van der Waals surface area (Å²) in [5, 5.41) is 8.73. The molecule has 0 aliphatic carbocycles. The Morgan fingerprint density at radius 2 is 1.81 bits per heavy atom. The second-order valence-electron chi connectivity index (χ2n) is 5.40. The summed E-state index contributed by atoms with van der Waals surface area (Å²) in [4.78, 5) is 10.1. The first-order valence-corrected chi connectivity index (χ1v) is 8.86. The van der Waals surface area contributed by atoms with E-state index in [2.05, 4.69) is 0 Å². The van der Waals surface area contributed by atoms with Crippen molar-refractivity contribution in [3.63, 3.8) is 0 Å². The smallest absolute Gasteiger partial charge is 0.420 e. The van der Waals surface area contributed by atoms with Crippen LogP contribution >= 0.6 is 0 Å². The number of hydrogen-bond donors (Lipinski definition) is 1. The van der Waals surface area contributed by atoms with Crippen molar-refractivity contribution >= 4 is 15.8 Å². The van der Waals surface area contributed by atoms with E-state index in [4.69, 9.17) is 9.84 Å². The number of hydrogen-bond acceptors (Lipinski definition) is 4. The molecular weight excluding hydrogens is 380 g/mol. The van der Waals surface area contributed by atoms with Gasteiger partial charge < -0.3 is 9.84 Å². The second-order valence-corrected chi connectivity index (χ2v) is 7.41. The van der Waals surface area contributed by atoms with Crippen molar-refractivity contribution in [2.24, 2.45) is 0 Å². The molecule has 10 heteroatoms. The van der Waals surface area contributed by atoms with Crippen LogP contribution in [-0.4, -0.2) is 25.7 Å². The standard InChI is InChI=1S/C16H12F4O5S/c1-26(23,24)12-2-3-14(13(8-12)16(18,19)20)25-11-5-9(6-15(21)22)4-10(17)7-11/h2-5,7-8H,6H2,1H3,(H,21,22). The fourth-order valence-electron chi connectivity index (χ4n) is 2.13. The number of rotatable bonds is 5. The third kappa shape index (κ3) is 4.94. The van der Waals surface area contributed by atoms with Crippen LogP contribution in [0.3, 0.4) is 0 Å². The minimum absolute atomic E-state index is 0.00573.